The topological polar surface area (TPSA) is 72.2 Å². The van der Waals surface area contributed by atoms with E-state index in [1.165, 1.54) is 18.4 Å². The van der Waals surface area contributed by atoms with Gasteiger partial charge in [0.25, 0.3) is 5.91 Å². The zero-order valence-corrected chi connectivity index (χ0v) is 17.2. The van der Waals surface area contributed by atoms with Gasteiger partial charge >= 0.3 is 0 Å². The van der Waals surface area contributed by atoms with Crippen molar-refractivity contribution >= 4 is 17.5 Å². The fraction of sp³-hybridized carbons (Fsp3) is 0.455. The molecule has 1 saturated carbocycles. The number of carbonyl (C=O) groups excluding carboxylic acids is 2. The summed E-state index contributed by atoms with van der Waals surface area (Å²) in [6, 6.07) is 8.49. The Morgan fingerprint density at radius 3 is 2.52 bits per heavy atom. The first-order valence-electron chi connectivity index (χ1n) is 9.80. The first-order valence-corrected chi connectivity index (χ1v) is 9.80. The molecule has 154 valence electrons. The van der Waals surface area contributed by atoms with Crippen molar-refractivity contribution in [3.05, 3.63) is 41.9 Å². The number of hydrogen-bond acceptors (Lipinski definition) is 6. The van der Waals surface area contributed by atoms with Crippen molar-refractivity contribution in [2.75, 3.05) is 26.2 Å². The SMILES string of the molecule is COc1ccc(N2C(=O)C[C@H](N(C)Cc3ccc([C@@H]4C[C@H]4C)o3)C2=O)cc1OC. The maximum Gasteiger partial charge on any atom is 0.251 e. The highest BCUT2D eigenvalue weighted by molar-refractivity contribution is 6.22. The van der Waals surface area contributed by atoms with E-state index in [9.17, 15) is 9.59 Å². The number of furan rings is 1. The monoisotopic (exact) mass is 398 g/mol. The Balaban J connectivity index is 1.48. The van der Waals surface area contributed by atoms with E-state index in [0.29, 0.717) is 35.6 Å². The molecule has 1 aromatic carbocycles. The van der Waals surface area contributed by atoms with Crippen LogP contribution in [0.4, 0.5) is 5.69 Å². The highest BCUT2D eigenvalue weighted by Gasteiger charge is 2.42. The number of rotatable bonds is 7. The van der Waals surface area contributed by atoms with E-state index in [4.69, 9.17) is 13.9 Å². The molecule has 2 aromatic rings. The predicted molar refractivity (Wildman–Crippen MR) is 107 cm³/mol. The van der Waals surface area contributed by atoms with E-state index in [1.807, 2.05) is 24.1 Å². The van der Waals surface area contributed by atoms with Crippen molar-refractivity contribution in [2.24, 2.45) is 5.92 Å². The molecule has 1 aliphatic heterocycles. The molecule has 0 bridgehead atoms. The zero-order valence-electron chi connectivity index (χ0n) is 17.2. The third-order valence-corrected chi connectivity index (χ3v) is 5.84. The molecule has 2 fully saturated rings. The third-order valence-electron chi connectivity index (χ3n) is 5.84. The van der Waals surface area contributed by atoms with Crippen LogP contribution in [-0.2, 0) is 16.1 Å². The standard InChI is InChI=1S/C22H26N2O5/c1-13-9-16(13)18-8-6-15(29-18)12-23(2)17-11-21(25)24(22(17)26)14-5-7-19(27-3)20(10-14)28-4/h5-8,10,13,16-17H,9,11-12H2,1-4H3/t13-,16-,17+/m1/s1. The second-order valence-electron chi connectivity index (χ2n) is 7.87. The summed E-state index contributed by atoms with van der Waals surface area (Å²) in [4.78, 5) is 28.8. The Morgan fingerprint density at radius 2 is 1.86 bits per heavy atom. The number of hydrogen-bond donors (Lipinski definition) is 0. The van der Waals surface area contributed by atoms with E-state index in [0.717, 1.165) is 11.5 Å². The van der Waals surface area contributed by atoms with Gasteiger partial charge in [-0.2, -0.15) is 0 Å². The van der Waals surface area contributed by atoms with Crippen molar-refractivity contribution in [1.29, 1.82) is 0 Å². The lowest BCUT2D eigenvalue weighted by Gasteiger charge is -2.22. The third kappa shape index (κ3) is 3.62. The Labute approximate surface area is 170 Å². The number of anilines is 1. The fourth-order valence-electron chi connectivity index (χ4n) is 3.95. The van der Waals surface area contributed by atoms with Crippen molar-refractivity contribution in [1.82, 2.24) is 4.90 Å². The van der Waals surface area contributed by atoms with Crippen LogP contribution in [0.25, 0.3) is 0 Å². The van der Waals surface area contributed by atoms with Crippen LogP contribution in [0, 0.1) is 5.92 Å². The molecule has 7 nitrogen and oxygen atoms in total. The first-order chi connectivity index (χ1) is 13.9. The quantitative estimate of drug-likeness (QED) is 0.667. The van der Waals surface area contributed by atoms with Gasteiger partial charge in [-0.1, -0.05) is 6.92 Å². The van der Waals surface area contributed by atoms with Crippen LogP contribution >= 0.6 is 0 Å². The number of likely N-dealkylation sites (N-methyl/N-ethyl adjacent to an activating group) is 1. The molecule has 2 amide bonds. The van der Waals surface area contributed by atoms with Crippen LogP contribution in [0.1, 0.15) is 37.2 Å². The van der Waals surface area contributed by atoms with E-state index in [2.05, 4.69) is 6.92 Å². The van der Waals surface area contributed by atoms with Gasteiger partial charge in [0, 0.05) is 12.0 Å². The molecular formula is C22H26N2O5. The average Bonchev–Trinajstić information content (AvgIpc) is 3.12. The Kier molecular flexibility index (Phi) is 5.08. The fourth-order valence-corrected chi connectivity index (χ4v) is 3.95. The number of ether oxygens (including phenoxy) is 2. The van der Waals surface area contributed by atoms with Crippen LogP contribution in [0.5, 0.6) is 11.5 Å². The lowest BCUT2D eigenvalue weighted by molar-refractivity contribution is -0.122. The van der Waals surface area contributed by atoms with Gasteiger partial charge in [-0.3, -0.25) is 14.5 Å². The minimum Gasteiger partial charge on any atom is -0.493 e. The molecule has 0 radical (unpaired) electrons. The molecule has 2 heterocycles. The molecule has 4 rings (SSSR count). The molecule has 0 N–H and O–H groups in total. The smallest absolute Gasteiger partial charge is 0.251 e. The molecule has 0 spiro atoms. The minimum absolute atomic E-state index is 0.136. The highest BCUT2D eigenvalue weighted by Crippen LogP contribution is 2.47. The lowest BCUT2D eigenvalue weighted by atomic mass is 10.2. The van der Waals surface area contributed by atoms with Crippen molar-refractivity contribution in [3.8, 4) is 11.5 Å². The van der Waals surface area contributed by atoms with Gasteiger partial charge in [0.1, 0.15) is 11.5 Å². The van der Waals surface area contributed by atoms with Gasteiger partial charge < -0.3 is 13.9 Å². The number of carbonyl (C=O) groups is 2. The maximum atomic E-state index is 13.0. The number of imide groups is 1. The summed E-state index contributed by atoms with van der Waals surface area (Å²) in [6.45, 7) is 2.69. The summed E-state index contributed by atoms with van der Waals surface area (Å²) in [7, 11) is 4.90. The minimum atomic E-state index is -0.524. The number of nitrogens with zero attached hydrogens (tertiary/aromatic N) is 2. The second-order valence-corrected chi connectivity index (χ2v) is 7.87. The summed E-state index contributed by atoms with van der Waals surface area (Å²) in [6.07, 6.45) is 1.30. The largest absolute Gasteiger partial charge is 0.493 e. The molecule has 29 heavy (non-hydrogen) atoms. The number of benzene rings is 1. The Morgan fingerprint density at radius 1 is 1.14 bits per heavy atom. The van der Waals surface area contributed by atoms with E-state index < -0.39 is 6.04 Å². The van der Waals surface area contributed by atoms with Crippen LogP contribution in [0.3, 0.4) is 0 Å². The summed E-state index contributed by atoms with van der Waals surface area (Å²) in [5.41, 5.74) is 0.483. The Bertz CT molecular complexity index is 937. The van der Waals surface area contributed by atoms with Gasteiger partial charge in [0.15, 0.2) is 11.5 Å². The van der Waals surface area contributed by atoms with Gasteiger partial charge in [0.2, 0.25) is 5.91 Å². The van der Waals surface area contributed by atoms with E-state index in [-0.39, 0.29) is 18.2 Å². The molecule has 1 aromatic heterocycles. The summed E-state index contributed by atoms with van der Waals surface area (Å²) < 4.78 is 16.5. The van der Waals surface area contributed by atoms with Gasteiger partial charge in [0.05, 0.1) is 38.9 Å². The van der Waals surface area contributed by atoms with Crippen LogP contribution in [0.2, 0.25) is 0 Å². The van der Waals surface area contributed by atoms with Crippen LogP contribution in [0.15, 0.2) is 34.7 Å². The molecule has 1 saturated heterocycles. The number of amides is 2. The molecule has 1 aliphatic carbocycles. The van der Waals surface area contributed by atoms with Crippen molar-refractivity contribution in [2.45, 2.75) is 38.3 Å². The van der Waals surface area contributed by atoms with Gasteiger partial charge in [-0.15, -0.1) is 0 Å². The molecular weight excluding hydrogens is 372 g/mol. The Hall–Kier alpha value is -2.80. The van der Waals surface area contributed by atoms with Crippen LogP contribution < -0.4 is 14.4 Å². The second kappa shape index (κ2) is 7.55. The summed E-state index contributed by atoms with van der Waals surface area (Å²) in [5.74, 6) is 3.56. The molecule has 2 aliphatic rings. The summed E-state index contributed by atoms with van der Waals surface area (Å²) >= 11 is 0. The lowest BCUT2D eigenvalue weighted by Crippen LogP contribution is -2.39. The maximum absolute atomic E-state index is 13.0. The van der Waals surface area contributed by atoms with Gasteiger partial charge in [-0.05, 0) is 43.7 Å². The molecule has 7 heteroatoms. The molecule has 0 unspecified atom stereocenters. The first kappa shape index (κ1) is 19.5. The van der Waals surface area contributed by atoms with Crippen molar-refractivity contribution < 1.29 is 23.5 Å². The van der Waals surface area contributed by atoms with Crippen molar-refractivity contribution in [3.63, 3.8) is 0 Å². The van der Waals surface area contributed by atoms with E-state index in [1.54, 1.807) is 25.3 Å². The number of methoxy groups -OCH3 is 2. The predicted octanol–water partition coefficient (Wildman–Crippen LogP) is 3.18. The molecule has 3 atom stereocenters. The van der Waals surface area contributed by atoms with Crippen LogP contribution in [-0.4, -0.2) is 44.0 Å². The average molecular weight is 398 g/mol. The summed E-state index contributed by atoms with van der Waals surface area (Å²) in [5, 5.41) is 0. The normalized spacial score (nSPS) is 23.8. The highest BCUT2D eigenvalue weighted by atomic mass is 16.5. The van der Waals surface area contributed by atoms with E-state index >= 15 is 0 Å². The van der Waals surface area contributed by atoms with Gasteiger partial charge in [-0.25, -0.2) is 4.90 Å². The zero-order chi connectivity index (χ0) is 20.7.